The number of ether oxygens (including phenoxy) is 1. The van der Waals surface area contributed by atoms with Gasteiger partial charge in [-0.15, -0.1) is 0 Å². The van der Waals surface area contributed by atoms with E-state index >= 15 is 0 Å². The molecule has 0 fully saturated rings. The van der Waals surface area contributed by atoms with Crippen LogP contribution in [0.25, 0.3) is 0 Å². The van der Waals surface area contributed by atoms with Crippen LogP contribution in [0, 0.1) is 5.82 Å². The topological polar surface area (TPSA) is 39.2 Å². The first-order valence-corrected chi connectivity index (χ1v) is 5.28. The lowest BCUT2D eigenvalue weighted by Crippen LogP contribution is -2.07. The van der Waals surface area contributed by atoms with Gasteiger partial charge in [0.15, 0.2) is 11.6 Å². The predicted octanol–water partition coefficient (Wildman–Crippen LogP) is 3.05. The Kier molecular flexibility index (Phi) is 3.79. The molecule has 6 heteroatoms. The third kappa shape index (κ3) is 3.09. The van der Waals surface area contributed by atoms with Crippen LogP contribution in [0.1, 0.15) is 16.1 Å². The molecule has 1 heterocycles. The number of carbonyl (C=O) groups is 1. The molecule has 0 amide bonds. The number of carbonyl (C=O) groups excluding carboxylic acids is 1. The summed E-state index contributed by atoms with van der Waals surface area (Å²) in [5, 5.41) is 0. The highest BCUT2D eigenvalue weighted by atomic mass is 19.3. The molecule has 0 unspecified atom stereocenters. The Balaban J connectivity index is 2.27. The van der Waals surface area contributed by atoms with E-state index in [0.717, 1.165) is 12.1 Å². The lowest BCUT2D eigenvalue weighted by atomic mass is 10.1. The van der Waals surface area contributed by atoms with Gasteiger partial charge in [0, 0.05) is 11.8 Å². The van der Waals surface area contributed by atoms with Gasteiger partial charge in [-0.05, 0) is 30.3 Å². The number of rotatable bonds is 4. The van der Waals surface area contributed by atoms with E-state index < -0.39 is 24.0 Å². The number of hydrogen-bond donors (Lipinski definition) is 0. The number of ketones is 1. The first-order chi connectivity index (χ1) is 9.08. The van der Waals surface area contributed by atoms with E-state index in [0.29, 0.717) is 0 Å². The maximum Gasteiger partial charge on any atom is 0.387 e. The molecular formula is C13H8F3NO2. The number of benzene rings is 1. The Morgan fingerprint density at radius 1 is 1.21 bits per heavy atom. The van der Waals surface area contributed by atoms with E-state index in [-0.39, 0.29) is 11.3 Å². The molecule has 0 N–H and O–H groups in total. The first-order valence-electron chi connectivity index (χ1n) is 5.28. The van der Waals surface area contributed by atoms with E-state index in [9.17, 15) is 18.0 Å². The summed E-state index contributed by atoms with van der Waals surface area (Å²) in [5.41, 5.74) is 0.155. The summed E-state index contributed by atoms with van der Waals surface area (Å²) in [6.45, 7) is -3.12. The van der Waals surface area contributed by atoms with E-state index in [4.69, 9.17) is 0 Å². The molecule has 1 aromatic heterocycles. The van der Waals surface area contributed by atoms with Crippen molar-refractivity contribution in [2.75, 3.05) is 0 Å². The van der Waals surface area contributed by atoms with Gasteiger partial charge in [0.25, 0.3) is 0 Å². The number of halogens is 3. The summed E-state index contributed by atoms with van der Waals surface area (Å²) in [6.07, 6.45) is 1.43. The molecule has 0 aliphatic rings. The molecule has 0 bridgehead atoms. The van der Waals surface area contributed by atoms with Crippen molar-refractivity contribution < 1.29 is 22.7 Å². The van der Waals surface area contributed by atoms with Crippen molar-refractivity contribution in [1.29, 1.82) is 0 Å². The molecular weight excluding hydrogens is 259 g/mol. The van der Waals surface area contributed by atoms with Crippen LogP contribution in [-0.4, -0.2) is 17.4 Å². The van der Waals surface area contributed by atoms with E-state index in [1.54, 1.807) is 12.1 Å². The molecule has 2 aromatic rings. The van der Waals surface area contributed by atoms with Crippen molar-refractivity contribution in [3.8, 4) is 5.75 Å². The minimum absolute atomic E-state index is 0.0119. The van der Waals surface area contributed by atoms with Gasteiger partial charge in [-0.2, -0.15) is 8.78 Å². The van der Waals surface area contributed by atoms with E-state index in [2.05, 4.69) is 9.72 Å². The number of nitrogens with zero attached hydrogens (tertiary/aromatic N) is 1. The molecule has 2 rings (SSSR count). The molecule has 98 valence electrons. The molecule has 0 saturated carbocycles. The second-order valence-corrected chi connectivity index (χ2v) is 3.57. The normalized spacial score (nSPS) is 10.5. The van der Waals surface area contributed by atoms with Gasteiger partial charge in [0.1, 0.15) is 5.69 Å². The fourth-order valence-corrected chi connectivity index (χ4v) is 1.48. The summed E-state index contributed by atoms with van der Waals surface area (Å²) < 4.78 is 41.3. The predicted molar refractivity (Wildman–Crippen MR) is 60.7 cm³/mol. The van der Waals surface area contributed by atoms with Gasteiger partial charge in [0.05, 0.1) is 0 Å². The van der Waals surface area contributed by atoms with Crippen molar-refractivity contribution in [3.63, 3.8) is 0 Å². The zero-order chi connectivity index (χ0) is 13.8. The largest absolute Gasteiger partial charge is 0.432 e. The quantitative estimate of drug-likeness (QED) is 0.799. The lowest BCUT2D eigenvalue weighted by Gasteiger charge is -2.06. The molecule has 1 aromatic carbocycles. The Labute approximate surface area is 106 Å². The van der Waals surface area contributed by atoms with Crippen LogP contribution in [0.2, 0.25) is 0 Å². The molecule has 0 aliphatic heterocycles. The second-order valence-electron chi connectivity index (χ2n) is 3.57. The maximum absolute atomic E-state index is 13.5. The molecule has 19 heavy (non-hydrogen) atoms. The lowest BCUT2D eigenvalue weighted by molar-refractivity contribution is -0.0521. The standard InChI is InChI=1S/C13H8F3NO2/c14-9-7-8(4-5-11(9)19-13(15)16)12(18)10-3-1-2-6-17-10/h1-7,13H. The first kappa shape index (κ1) is 13.1. The second kappa shape index (κ2) is 5.51. The maximum atomic E-state index is 13.5. The number of aromatic nitrogens is 1. The highest BCUT2D eigenvalue weighted by Gasteiger charge is 2.15. The number of alkyl halides is 2. The molecule has 0 saturated heterocycles. The van der Waals surface area contributed by atoms with Gasteiger partial charge in [-0.1, -0.05) is 6.07 Å². The minimum Gasteiger partial charge on any atom is -0.432 e. The van der Waals surface area contributed by atoms with Crippen LogP contribution in [0.4, 0.5) is 13.2 Å². The monoisotopic (exact) mass is 267 g/mol. The van der Waals surface area contributed by atoms with Crippen LogP contribution in [0.3, 0.4) is 0 Å². The van der Waals surface area contributed by atoms with Gasteiger partial charge < -0.3 is 4.74 Å². The Morgan fingerprint density at radius 3 is 2.58 bits per heavy atom. The zero-order valence-electron chi connectivity index (χ0n) is 9.52. The van der Waals surface area contributed by atoms with Crippen molar-refractivity contribution in [3.05, 3.63) is 59.7 Å². The molecule has 0 atom stereocenters. The van der Waals surface area contributed by atoms with Crippen molar-refractivity contribution in [2.24, 2.45) is 0 Å². The number of pyridine rings is 1. The van der Waals surface area contributed by atoms with Crippen LogP contribution >= 0.6 is 0 Å². The van der Waals surface area contributed by atoms with Crippen LogP contribution < -0.4 is 4.74 Å². The summed E-state index contributed by atoms with van der Waals surface area (Å²) in [6, 6.07) is 7.76. The van der Waals surface area contributed by atoms with Gasteiger partial charge >= 0.3 is 6.61 Å². The van der Waals surface area contributed by atoms with Crippen molar-refractivity contribution in [2.45, 2.75) is 6.61 Å². The Hall–Kier alpha value is -2.37. The fourth-order valence-electron chi connectivity index (χ4n) is 1.48. The molecule has 0 radical (unpaired) electrons. The molecule has 0 aliphatic carbocycles. The highest BCUT2D eigenvalue weighted by Crippen LogP contribution is 2.21. The number of hydrogen-bond acceptors (Lipinski definition) is 3. The average molecular weight is 267 g/mol. The van der Waals surface area contributed by atoms with Gasteiger partial charge in [-0.3, -0.25) is 9.78 Å². The van der Waals surface area contributed by atoms with Crippen molar-refractivity contribution in [1.82, 2.24) is 4.98 Å². The van der Waals surface area contributed by atoms with Crippen LogP contribution in [0.5, 0.6) is 5.75 Å². The summed E-state index contributed by atoms with van der Waals surface area (Å²) >= 11 is 0. The molecule has 3 nitrogen and oxygen atoms in total. The zero-order valence-corrected chi connectivity index (χ0v) is 9.52. The van der Waals surface area contributed by atoms with Crippen LogP contribution in [-0.2, 0) is 0 Å². The fraction of sp³-hybridized carbons (Fsp3) is 0.0769. The van der Waals surface area contributed by atoms with Gasteiger partial charge in [0.2, 0.25) is 5.78 Å². The molecule has 0 spiro atoms. The third-order valence-electron chi connectivity index (χ3n) is 2.31. The van der Waals surface area contributed by atoms with Gasteiger partial charge in [-0.25, -0.2) is 4.39 Å². The summed E-state index contributed by atoms with van der Waals surface area (Å²) in [7, 11) is 0. The Morgan fingerprint density at radius 2 is 2.00 bits per heavy atom. The minimum atomic E-state index is -3.12. The SMILES string of the molecule is O=C(c1ccc(OC(F)F)c(F)c1)c1ccccn1. The van der Waals surface area contributed by atoms with E-state index in [1.807, 2.05) is 0 Å². The highest BCUT2D eigenvalue weighted by molar-refractivity contribution is 6.07. The Bertz CT molecular complexity index is 588. The third-order valence-corrected chi connectivity index (χ3v) is 2.31. The average Bonchev–Trinajstić information content (AvgIpc) is 2.41. The van der Waals surface area contributed by atoms with Crippen LogP contribution in [0.15, 0.2) is 42.6 Å². The van der Waals surface area contributed by atoms with Crippen molar-refractivity contribution >= 4 is 5.78 Å². The van der Waals surface area contributed by atoms with E-state index in [1.165, 1.54) is 18.3 Å². The smallest absolute Gasteiger partial charge is 0.387 e. The summed E-state index contributed by atoms with van der Waals surface area (Å²) in [5.74, 6) is -2.13. The summed E-state index contributed by atoms with van der Waals surface area (Å²) in [4.78, 5) is 15.7.